The molecular weight excluding hydrogens is 717 g/mol. The number of nitrogens with zero attached hydrogens (tertiary/aromatic N) is 1. The minimum atomic E-state index is -3.19. The van der Waals surface area contributed by atoms with Crippen LogP contribution < -0.4 is 21.3 Å². The first-order valence-corrected chi connectivity index (χ1v) is 21.2. The number of carbonyl (C=O) groups is 4. The van der Waals surface area contributed by atoms with Crippen molar-refractivity contribution in [1.82, 2.24) is 26.2 Å². The molecule has 1 heterocycles. The van der Waals surface area contributed by atoms with E-state index in [0.717, 1.165) is 11.1 Å². The third kappa shape index (κ3) is 14.7. The zero-order chi connectivity index (χ0) is 41.2. The van der Waals surface area contributed by atoms with Gasteiger partial charge in [0, 0.05) is 31.8 Å². The Bertz CT molecular complexity index is 1520. The molecule has 0 aromatic heterocycles. The Labute approximate surface area is 322 Å². The van der Waals surface area contributed by atoms with Gasteiger partial charge in [0.2, 0.25) is 24.1 Å². The van der Waals surface area contributed by atoms with Crippen LogP contribution in [0.5, 0.6) is 0 Å². The van der Waals surface area contributed by atoms with Crippen molar-refractivity contribution in [2.24, 2.45) is 10.8 Å². The van der Waals surface area contributed by atoms with E-state index in [1.165, 1.54) is 11.2 Å². The Morgan fingerprint density at radius 2 is 1.50 bits per heavy atom. The maximum Gasteiger partial charge on any atom is 0.315 e. The normalized spacial score (nSPS) is 17.7. The second kappa shape index (κ2) is 19.5. The summed E-state index contributed by atoms with van der Waals surface area (Å²) in [5.74, 6) is -1.93. The average molecular weight is 784 g/mol. The Balaban J connectivity index is 2.12. The minimum absolute atomic E-state index is 0.00864. The lowest BCUT2D eigenvalue weighted by molar-refractivity contribution is -0.142. The van der Waals surface area contributed by atoms with Crippen LogP contribution in [0.3, 0.4) is 0 Å². The maximum absolute atomic E-state index is 14.1. The topological polar surface area (TPSA) is 154 Å². The molecular formula is C40H67F2N5O6S. The second-order valence-electron chi connectivity index (χ2n) is 18.0. The van der Waals surface area contributed by atoms with E-state index in [2.05, 4.69) is 42.0 Å². The van der Waals surface area contributed by atoms with E-state index in [4.69, 9.17) is 0 Å². The Kier molecular flexibility index (Phi) is 16.9. The molecule has 1 aromatic carbocycles. The lowest BCUT2D eigenvalue weighted by Gasteiger charge is -2.37. The van der Waals surface area contributed by atoms with Crippen LogP contribution in [0, 0.1) is 10.8 Å². The highest BCUT2D eigenvalue weighted by molar-refractivity contribution is 7.91. The van der Waals surface area contributed by atoms with Gasteiger partial charge < -0.3 is 26.2 Å². The fraction of sp³-hybridized carbons (Fsp3) is 0.750. The standard InChI is InChI=1S/C40H67F2N5O6S/c1-12-28(54(11,52)53)15-13-17-31(39(5,6)7)45-37(51)46-33(40(8,9)10)36(50)47-24-14-16-30(47)35(49)44-29(25-32(41)42)34(48)43-23-22-26-18-20-27(21-19-26)38(2,3)4/h18-21,28-33H,12-17,22-25H2,1-11H3,(H,43,48)(H,44,49)(H2,45,46,51)/t28?,29-,30-,31+,33+/m0/s1. The molecule has 0 aliphatic carbocycles. The lowest BCUT2D eigenvalue weighted by atomic mass is 9.83. The number of alkyl halides is 2. The Hall–Kier alpha value is -3.29. The van der Waals surface area contributed by atoms with Gasteiger partial charge in [-0.1, -0.05) is 99.9 Å². The monoisotopic (exact) mass is 783 g/mol. The summed E-state index contributed by atoms with van der Waals surface area (Å²) < 4.78 is 51.5. The molecule has 11 nitrogen and oxygen atoms in total. The molecule has 5 atom stereocenters. The predicted octanol–water partition coefficient (Wildman–Crippen LogP) is 5.90. The molecule has 2 rings (SSSR count). The first-order chi connectivity index (χ1) is 24.7. The summed E-state index contributed by atoms with van der Waals surface area (Å²) >= 11 is 0. The van der Waals surface area contributed by atoms with Crippen LogP contribution in [0.15, 0.2) is 24.3 Å². The van der Waals surface area contributed by atoms with Crippen LogP contribution in [-0.2, 0) is 36.1 Å². The van der Waals surface area contributed by atoms with Crippen molar-refractivity contribution in [2.75, 3.05) is 19.3 Å². The van der Waals surface area contributed by atoms with Gasteiger partial charge >= 0.3 is 6.03 Å². The van der Waals surface area contributed by atoms with E-state index >= 15 is 0 Å². The summed E-state index contributed by atoms with van der Waals surface area (Å²) in [5, 5.41) is 10.5. The molecule has 1 aliphatic heterocycles. The maximum atomic E-state index is 14.1. The average Bonchev–Trinajstić information content (AvgIpc) is 3.53. The molecule has 1 aromatic rings. The van der Waals surface area contributed by atoms with Crippen molar-refractivity contribution < 1.29 is 36.4 Å². The predicted molar refractivity (Wildman–Crippen MR) is 210 cm³/mol. The summed E-state index contributed by atoms with van der Waals surface area (Å²) in [6, 6.07) is 3.53. The van der Waals surface area contributed by atoms with Crippen LogP contribution in [0.4, 0.5) is 13.6 Å². The van der Waals surface area contributed by atoms with Crippen molar-refractivity contribution in [3.63, 3.8) is 0 Å². The summed E-state index contributed by atoms with van der Waals surface area (Å²) in [6.45, 7) is 19.9. The van der Waals surface area contributed by atoms with Crippen LogP contribution in [0.2, 0.25) is 0 Å². The number of hydrogen-bond acceptors (Lipinski definition) is 6. The third-order valence-corrected chi connectivity index (χ3v) is 12.0. The van der Waals surface area contributed by atoms with Gasteiger partial charge in [-0.15, -0.1) is 0 Å². The van der Waals surface area contributed by atoms with Gasteiger partial charge in [-0.05, 0) is 65.9 Å². The van der Waals surface area contributed by atoms with Crippen molar-refractivity contribution in [2.45, 2.75) is 162 Å². The summed E-state index contributed by atoms with van der Waals surface area (Å²) in [5.41, 5.74) is 0.979. The van der Waals surface area contributed by atoms with Crippen LogP contribution >= 0.6 is 0 Å². The van der Waals surface area contributed by atoms with E-state index in [0.29, 0.717) is 38.5 Å². The highest BCUT2D eigenvalue weighted by Gasteiger charge is 2.43. The smallest absolute Gasteiger partial charge is 0.315 e. The lowest BCUT2D eigenvalue weighted by Crippen LogP contribution is -2.61. The van der Waals surface area contributed by atoms with Crippen molar-refractivity contribution >= 4 is 33.6 Å². The van der Waals surface area contributed by atoms with Gasteiger partial charge in [0.15, 0.2) is 0 Å². The number of sulfone groups is 1. The zero-order valence-corrected chi connectivity index (χ0v) is 35.2. The van der Waals surface area contributed by atoms with Crippen LogP contribution in [0.1, 0.15) is 125 Å². The minimum Gasteiger partial charge on any atom is -0.354 e. The summed E-state index contributed by atoms with van der Waals surface area (Å²) in [6.07, 6.45) is 0.809. The van der Waals surface area contributed by atoms with Gasteiger partial charge in [0.25, 0.3) is 0 Å². The summed E-state index contributed by atoms with van der Waals surface area (Å²) in [4.78, 5) is 55.6. The largest absolute Gasteiger partial charge is 0.354 e. The van der Waals surface area contributed by atoms with Gasteiger partial charge in [0.05, 0.1) is 5.25 Å². The molecule has 54 heavy (non-hydrogen) atoms. The molecule has 5 amide bonds. The molecule has 308 valence electrons. The Morgan fingerprint density at radius 1 is 0.889 bits per heavy atom. The van der Waals surface area contributed by atoms with E-state index in [1.807, 2.05) is 52.0 Å². The molecule has 0 spiro atoms. The highest BCUT2D eigenvalue weighted by atomic mass is 32.2. The molecule has 0 radical (unpaired) electrons. The molecule has 1 unspecified atom stereocenters. The van der Waals surface area contributed by atoms with E-state index < -0.39 is 75.2 Å². The summed E-state index contributed by atoms with van der Waals surface area (Å²) in [7, 11) is -3.19. The van der Waals surface area contributed by atoms with Crippen LogP contribution in [0.25, 0.3) is 0 Å². The molecule has 0 saturated carbocycles. The van der Waals surface area contributed by atoms with E-state index in [-0.39, 0.29) is 36.4 Å². The molecule has 1 saturated heterocycles. The van der Waals surface area contributed by atoms with Gasteiger partial charge in [-0.25, -0.2) is 22.0 Å². The quantitative estimate of drug-likeness (QED) is 0.155. The molecule has 14 heteroatoms. The van der Waals surface area contributed by atoms with Gasteiger partial charge in [-0.3, -0.25) is 14.4 Å². The number of urea groups is 1. The number of nitrogens with one attached hydrogen (secondary N) is 4. The molecule has 1 aliphatic rings. The number of hydrogen-bond donors (Lipinski definition) is 4. The van der Waals surface area contributed by atoms with Crippen LogP contribution in [-0.4, -0.2) is 92.3 Å². The number of halogens is 2. The number of rotatable bonds is 17. The molecule has 4 N–H and O–H groups in total. The van der Waals surface area contributed by atoms with Crippen molar-refractivity contribution in [1.29, 1.82) is 0 Å². The number of amides is 5. The number of carbonyl (C=O) groups excluding carboxylic acids is 4. The second-order valence-corrected chi connectivity index (χ2v) is 20.3. The Morgan fingerprint density at radius 3 is 2.00 bits per heavy atom. The van der Waals surface area contributed by atoms with E-state index in [1.54, 1.807) is 20.8 Å². The van der Waals surface area contributed by atoms with Crippen molar-refractivity contribution in [3.05, 3.63) is 35.4 Å². The SMILES string of the molecule is CCC(CCC[C@@H](NC(=O)N[C@H](C(=O)N1CCC[C@H]1C(=O)N[C@@H](CC(F)F)C(=O)NCCc1ccc(C(C)(C)C)cc1)C(C)(C)C)C(C)(C)C)S(C)(=O)=O. The van der Waals surface area contributed by atoms with Gasteiger partial charge in [-0.2, -0.15) is 0 Å². The third-order valence-electron chi connectivity index (χ3n) is 10.2. The van der Waals surface area contributed by atoms with E-state index in [9.17, 15) is 36.4 Å². The fourth-order valence-corrected chi connectivity index (χ4v) is 7.94. The first kappa shape index (κ1) is 46.9. The first-order valence-electron chi connectivity index (χ1n) is 19.3. The molecule has 0 bridgehead atoms. The zero-order valence-electron chi connectivity index (χ0n) is 34.4. The highest BCUT2D eigenvalue weighted by Crippen LogP contribution is 2.28. The van der Waals surface area contributed by atoms with Gasteiger partial charge in [0.1, 0.15) is 28.0 Å². The molecule has 1 fully saturated rings. The number of benzene rings is 1. The fourth-order valence-electron chi connectivity index (χ4n) is 6.74. The van der Waals surface area contributed by atoms with Crippen molar-refractivity contribution in [3.8, 4) is 0 Å². The number of likely N-dealkylation sites (tertiary alicyclic amines) is 1.